The summed E-state index contributed by atoms with van der Waals surface area (Å²) in [7, 11) is 0. The van der Waals surface area contributed by atoms with Gasteiger partial charge in [-0.3, -0.25) is 0 Å². The molecule has 1 atom stereocenters. The highest BCUT2D eigenvalue weighted by Gasteiger charge is 2.12. The molecule has 0 radical (unpaired) electrons. The van der Waals surface area contributed by atoms with Crippen LogP contribution < -0.4 is 5.32 Å². The second-order valence-corrected chi connectivity index (χ2v) is 5.15. The predicted octanol–water partition coefficient (Wildman–Crippen LogP) is 2.19. The van der Waals surface area contributed by atoms with Crippen LogP contribution in [0.15, 0.2) is 30.6 Å². The average Bonchev–Trinajstić information content (AvgIpc) is 2.88. The zero-order valence-electron chi connectivity index (χ0n) is 11.2. The standard InChI is InChI=1S/C15H21N3O/c1-2-7-15-14(6-1)17-12-18(15)9-4-8-16-13-5-3-10-19-11-13/h1-2,6-7,12-13,16H,3-5,8-11H2. The largest absolute Gasteiger partial charge is 0.380 e. The van der Waals surface area contributed by atoms with Gasteiger partial charge in [-0.05, 0) is 37.9 Å². The molecule has 102 valence electrons. The van der Waals surface area contributed by atoms with Crippen molar-refractivity contribution in [3.05, 3.63) is 30.6 Å². The van der Waals surface area contributed by atoms with Gasteiger partial charge in [-0.2, -0.15) is 0 Å². The van der Waals surface area contributed by atoms with Gasteiger partial charge >= 0.3 is 0 Å². The number of aryl methyl sites for hydroxylation is 1. The molecule has 2 heterocycles. The van der Waals surface area contributed by atoms with Crippen LogP contribution in [0.4, 0.5) is 0 Å². The smallest absolute Gasteiger partial charge is 0.0958 e. The molecule has 0 aliphatic carbocycles. The first-order valence-corrected chi connectivity index (χ1v) is 7.14. The topological polar surface area (TPSA) is 39.1 Å². The third-order valence-electron chi connectivity index (χ3n) is 3.70. The van der Waals surface area contributed by atoms with Crippen LogP contribution in [-0.4, -0.2) is 35.4 Å². The van der Waals surface area contributed by atoms with Crippen LogP contribution in [0.2, 0.25) is 0 Å². The molecule has 0 amide bonds. The predicted molar refractivity (Wildman–Crippen MR) is 76.2 cm³/mol. The van der Waals surface area contributed by atoms with Crippen molar-refractivity contribution < 1.29 is 4.74 Å². The highest BCUT2D eigenvalue weighted by atomic mass is 16.5. The minimum absolute atomic E-state index is 0.549. The molecule has 4 nitrogen and oxygen atoms in total. The number of benzene rings is 1. The zero-order valence-corrected chi connectivity index (χ0v) is 11.2. The maximum atomic E-state index is 5.46. The first kappa shape index (κ1) is 12.6. The van der Waals surface area contributed by atoms with Gasteiger partial charge in [0.1, 0.15) is 0 Å². The quantitative estimate of drug-likeness (QED) is 0.837. The lowest BCUT2D eigenvalue weighted by atomic mass is 10.1. The van der Waals surface area contributed by atoms with Crippen LogP contribution in [0.3, 0.4) is 0 Å². The summed E-state index contributed by atoms with van der Waals surface area (Å²) in [6, 6.07) is 8.84. The van der Waals surface area contributed by atoms with Crippen LogP contribution in [0.25, 0.3) is 11.0 Å². The van der Waals surface area contributed by atoms with Crippen molar-refractivity contribution in [1.82, 2.24) is 14.9 Å². The summed E-state index contributed by atoms with van der Waals surface area (Å²) in [6.07, 6.45) is 5.49. The lowest BCUT2D eigenvalue weighted by molar-refractivity contribution is 0.0704. The van der Waals surface area contributed by atoms with Crippen molar-refractivity contribution in [3.63, 3.8) is 0 Å². The molecule has 1 unspecified atom stereocenters. The van der Waals surface area contributed by atoms with Crippen molar-refractivity contribution in [2.24, 2.45) is 0 Å². The number of hydrogen-bond donors (Lipinski definition) is 1. The lowest BCUT2D eigenvalue weighted by Crippen LogP contribution is -2.37. The number of ether oxygens (including phenoxy) is 1. The van der Waals surface area contributed by atoms with Crippen molar-refractivity contribution in [2.75, 3.05) is 19.8 Å². The second-order valence-electron chi connectivity index (χ2n) is 5.15. The van der Waals surface area contributed by atoms with E-state index in [2.05, 4.69) is 33.1 Å². The number of para-hydroxylation sites is 2. The summed E-state index contributed by atoms with van der Waals surface area (Å²) in [4.78, 5) is 4.41. The minimum Gasteiger partial charge on any atom is -0.380 e. The fraction of sp³-hybridized carbons (Fsp3) is 0.533. The molecule has 1 aromatic carbocycles. The Bertz CT molecular complexity index is 517. The molecule has 1 saturated heterocycles. The van der Waals surface area contributed by atoms with Crippen molar-refractivity contribution in [2.45, 2.75) is 31.8 Å². The lowest BCUT2D eigenvalue weighted by Gasteiger charge is -2.23. The van der Waals surface area contributed by atoms with E-state index in [1.165, 1.54) is 18.4 Å². The maximum absolute atomic E-state index is 5.46. The Hall–Kier alpha value is -1.39. The Morgan fingerprint density at radius 2 is 2.32 bits per heavy atom. The molecule has 2 aromatic rings. The van der Waals surface area contributed by atoms with Crippen LogP contribution in [0.1, 0.15) is 19.3 Å². The van der Waals surface area contributed by atoms with Gasteiger partial charge < -0.3 is 14.6 Å². The van der Waals surface area contributed by atoms with Crippen LogP contribution in [0.5, 0.6) is 0 Å². The zero-order chi connectivity index (χ0) is 12.9. The van der Waals surface area contributed by atoms with Gasteiger partial charge in [0, 0.05) is 19.2 Å². The van der Waals surface area contributed by atoms with Crippen LogP contribution in [0, 0.1) is 0 Å². The summed E-state index contributed by atoms with van der Waals surface area (Å²) < 4.78 is 7.70. The van der Waals surface area contributed by atoms with E-state index in [-0.39, 0.29) is 0 Å². The fourth-order valence-electron chi connectivity index (χ4n) is 2.65. The summed E-state index contributed by atoms with van der Waals surface area (Å²) in [5.41, 5.74) is 2.31. The van der Waals surface area contributed by atoms with Crippen LogP contribution in [-0.2, 0) is 11.3 Å². The maximum Gasteiger partial charge on any atom is 0.0958 e. The van der Waals surface area contributed by atoms with E-state index in [1.807, 2.05) is 12.4 Å². The highest BCUT2D eigenvalue weighted by molar-refractivity contribution is 5.74. The molecule has 3 rings (SSSR count). The van der Waals surface area contributed by atoms with E-state index in [0.29, 0.717) is 6.04 Å². The van der Waals surface area contributed by atoms with Gasteiger partial charge in [-0.15, -0.1) is 0 Å². The number of nitrogens with zero attached hydrogens (tertiary/aromatic N) is 2. The van der Waals surface area contributed by atoms with E-state index in [4.69, 9.17) is 4.74 Å². The Kier molecular flexibility index (Phi) is 4.10. The van der Waals surface area contributed by atoms with E-state index < -0.39 is 0 Å². The first-order valence-electron chi connectivity index (χ1n) is 7.14. The van der Waals surface area contributed by atoms with Crippen molar-refractivity contribution in [1.29, 1.82) is 0 Å². The molecule has 0 spiro atoms. The average molecular weight is 259 g/mol. The van der Waals surface area contributed by atoms with Gasteiger partial charge in [0.2, 0.25) is 0 Å². The molecular weight excluding hydrogens is 238 g/mol. The summed E-state index contributed by atoms with van der Waals surface area (Å²) >= 11 is 0. The summed E-state index contributed by atoms with van der Waals surface area (Å²) in [5.74, 6) is 0. The van der Waals surface area contributed by atoms with Gasteiger partial charge in [0.25, 0.3) is 0 Å². The molecule has 4 heteroatoms. The first-order chi connectivity index (χ1) is 9.43. The highest BCUT2D eigenvalue weighted by Crippen LogP contribution is 2.12. The van der Waals surface area contributed by atoms with E-state index in [0.717, 1.165) is 38.2 Å². The molecule has 0 saturated carbocycles. The molecule has 1 aromatic heterocycles. The third kappa shape index (κ3) is 3.14. The second kappa shape index (κ2) is 6.17. The van der Waals surface area contributed by atoms with Gasteiger partial charge in [-0.25, -0.2) is 4.98 Å². The molecule has 1 N–H and O–H groups in total. The molecular formula is C15H21N3O. The molecule has 1 fully saturated rings. The van der Waals surface area contributed by atoms with Crippen molar-refractivity contribution in [3.8, 4) is 0 Å². The van der Waals surface area contributed by atoms with E-state index in [1.54, 1.807) is 0 Å². The minimum atomic E-state index is 0.549. The number of fused-ring (bicyclic) bond motifs is 1. The normalized spacial score (nSPS) is 19.9. The Morgan fingerprint density at radius 3 is 3.21 bits per heavy atom. The fourth-order valence-corrected chi connectivity index (χ4v) is 2.65. The van der Waals surface area contributed by atoms with Gasteiger partial charge in [0.05, 0.1) is 24.0 Å². The molecule has 1 aliphatic rings. The number of rotatable bonds is 5. The number of imidazole rings is 1. The number of aromatic nitrogens is 2. The molecule has 19 heavy (non-hydrogen) atoms. The Labute approximate surface area is 113 Å². The monoisotopic (exact) mass is 259 g/mol. The molecule has 0 bridgehead atoms. The number of nitrogens with one attached hydrogen (secondary N) is 1. The Balaban J connectivity index is 1.47. The Morgan fingerprint density at radius 1 is 1.37 bits per heavy atom. The molecule has 1 aliphatic heterocycles. The van der Waals surface area contributed by atoms with E-state index in [9.17, 15) is 0 Å². The van der Waals surface area contributed by atoms with Gasteiger partial charge in [-0.1, -0.05) is 12.1 Å². The van der Waals surface area contributed by atoms with Gasteiger partial charge in [0.15, 0.2) is 0 Å². The number of hydrogen-bond acceptors (Lipinski definition) is 3. The van der Waals surface area contributed by atoms with Crippen molar-refractivity contribution >= 4 is 11.0 Å². The van der Waals surface area contributed by atoms with E-state index >= 15 is 0 Å². The summed E-state index contributed by atoms with van der Waals surface area (Å²) in [6.45, 7) is 3.86. The summed E-state index contributed by atoms with van der Waals surface area (Å²) in [5, 5.41) is 3.57. The SMILES string of the molecule is c1ccc2c(c1)ncn2CCCNC1CCCOC1. The van der Waals surface area contributed by atoms with Crippen LogP contribution >= 0.6 is 0 Å². The third-order valence-corrected chi connectivity index (χ3v) is 3.70.